The van der Waals surface area contributed by atoms with Gasteiger partial charge in [-0.05, 0) is 17.9 Å². The molecule has 1 fully saturated rings. The largest absolute Gasteiger partial charge is 0.447 e. The molecule has 1 aliphatic carbocycles. The van der Waals surface area contributed by atoms with Crippen molar-refractivity contribution in [1.29, 1.82) is 0 Å². The molecule has 4 nitrogen and oxygen atoms in total. The molecule has 1 saturated carbocycles. The number of carbonyl (C=O) groups is 2. The minimum absolute atomic E-state index is 0.292. The summed E-state index contributed by atoms with van der Waals surface area (Å²) in [6.45, 7) is 0.405. The van der Waals surface area contributed by atoms with Gasteiger partial charge >= 0.3 is 5.97 Å². The van der Waals surface area contributed by atoms with Crippen molar-refractivity contribution < 1.29 is 14.3 Å². The van der Waals surface area contributed by atoms with E-state index in [9.17, 15) is 9.59 Å². The number of nitrogens with one attached hydrogen (secondary N) is 1. The molecule has 0 aliphatic heterocycles. The summed E-state index contributed by atoms with van der Waals surface area (Å²) in [6, 6.07) is 18.9. The highest BCUT2D eigenvalue weighted by molar-refractivity contribution is 5.85. The molecule has 2 aromatic carbocycles. The fourth-order valence-electron chi connectivity index (χ4n) is 3.59. The van der Waals surface area contributed by atoms with Gasteiger partial charge < -0.3 is 10.1 Å². The van der Waals surface area contributed by atoms with Gasteiger partial charge in [0, 0.05) is 18.5 Å². The number of carbonyl (C=O) groups excluding carboxylic acids is 2. The first kappa shape index (κ1) is 19.2. The number of esters is 1. The Morgan fingerprint density at radius 1 is 0.963 bits per heavy atom. The van der Waals surface area contributed by atoms with Crippen molar-refractivity contribution in [2.24, 2.45) is 5.92 Å². The zero-order chi connectivity index (χ0) is 18.9. The molecule has 2 aromatic rings. The molecular weight excluding hydrogens is 338 g/mol. The first-order valence-corrected chi connectivity index (χ1v) is 9.78. The molecule has 0 unspecified atom stereocenters. The number of benzene rings is 2. The Hall–Kier alpha value is -2.62. The van der Waals surface area contributed by atoms with Gasteiger partial charge in [-0.1, -0.05) is 86.3 Å². The summed E-state index contributed by atoms with van der Waals surface area (Å²) in [4.78, 5) is 25.1. The van der Waals surface area contributed by atoms with E-state index in [1.807, 2.05) is 60.7 Å². The summed E-state index contributed by atoms with van der Waals surface area (Å²) in [5, 5.41) is 2.88. The summed E-state index contributed by atoms with van der Waals surface area (Å²) < 4.78 is 5.60. The van der Waals surface area contributed by atoms with E-state index in [4.69, 9.17) is 4.74 Å². The Morgan fingerprint density at radius 3 is 2.26 bits per heavy atom. The number of amides is 1. The normalized spacial score (nSPS) is 15.3. The Morgan fingerprint density at radius 2 is 1.59 bits per heavy atom. The van der Waals surface area contributed by atoms with Gasteiger partial charge in [0.2, 0.25) is 6.10 Å². The summed E-state index contributed by atoms with van der Waals surface area (Å²) in [5.41, 5.74) is 1.70. The van der Waals surface area contributed by atoms with Crippen molar-refractivity contribution in [3.8, 4) is 0 Å². The highest BCUT2D eigenvalue weighted by atomic mass is 16.5. The van der Waals surface area contributed by atoms with Crippen LogP contribution in [0.1, 0.15) is 55.8 Å². The maximum atomic E-state index is 12.7. The number of hydrogen-bond donors (Lipinski definition) is 1. The van der Waals surface area contributed by atoms with Crippen molar-refractivity contribution in [2.45, 2.75) is 51.2 Å². The van der Waals surface area contributed by atoms with Gasteiger partial charge in [-0.3, -0.25) is 9.59 Å². The van der Waals surface area contributed by atoms with Crippen LogP contribution in [0.4, 0.5) is 0 Å². The fraction of sp³-hybridized carbons (Fsp3) is 0.391. The second kappa shape index (κ2) is 9.91. The summed E-state index contributed by atoms with van der Waals surface area (Å²) in [6.07, 6.45) is 5.24. The minimum atomic E-state index is -0.911. The quantitative estimate of drug-likeness (QED) is 0.698. The van der Waals surface area contributed by atoms with Gasteiger partial charge in [0.05, 0.1) is 0 Å². The van der Waals surface area contributed by atoms with Crippen LogP contribution in [0.2, 0.25) is 0 Å². The predicted octanol–water partition coefficient (Wildman–Crippen LogP) is 4.56. The molecule has 0 spiro atoms. The van der Waals surface area contributed by atoms with E-state index in [0.717, 1.165) is 12.0 Å². The van der Waals surface area contributed by atoms with Crippen LogP contribution < -0.4 is 5.32 Å². The molecule has 1 N–H and O–H groups in total. The van der Waals surface area contributed by atoms with Crippen molar-refractivity contribution in [3.63, 3.8) is 0 Å². The maximum absolute atomic E-state index is 12.7. The third-order valence-corrected chi connectivity index (χ3v) is 5.13. The summed E-state index contributed by atoms with van der Waals surface area (Å²) in [5.74, 6) is 0.0320. The Kier molecular flexibility index (Phi) is 7.03. The van der Waals surface area contributed by atoms with Crippen LogP contribution >= 0.6 is 0 Å². The van der Waals surface area contributed by atoms with Crippen molar-refractivity contribution >= 4 is 11.9 Å². The predicted molar refractivity (Wildman–Crippen MR) is 105 cm³/mol. The zero-order valence-corrected chi connectivity index (χ0v) is 15.6. The highest BCUT2D eigenvalue weighted by Crippen LogP contribution is 2.29. The lowest BCUT2D eigenvalue weighted by Crippen LogP contribution is -2.31. The smallest absolute Gasteiger partial charge is 0.306 e. The molecular formula is C23H27NO3. The highest BCUT2D eigenvalue weighted by Gasteiger charge is 2.25. The molecule has 0 aromatic heterocycles. The molecule has 27 heavy (non-hydrogen) atoms. The Labute approximate surface area is 160 Å². The standard InChI is InChI=1S/C23H27NO3/c25-21(16-15-18-9-7-8-10-18)27-22(20-13-5-2-6-14-20)23(26)24-17-19-11-3-1-4-12-19/h1-6,11-14,18,22H,7-10,15-17H2,(H,24,26)/t22-/m0/s1. The molecule has 0 radical (unpaired) electrons. The van der Waals surface area contributed by atoms with E-state index in [0.29, 0.717) is 24.4 Å². The molecule has 1 atom stereocenters. The van der Waals surface area contributed by atoms with Crippen LogP contribution in [-0.2, 0) is 20.9 Å². The second-order valence-corrected chi connectivity index (χ2v) is 7.17. The van der Waals surface area contributed by atoms with E-state index in [2.05, 4.69) is 5.32 Å². The van der Waals surface area contributed by atoms with Gasteiger partial charge in [0.1, 0.15) is 0 Å². The average Bonchev–Trinajstić information content (AvgIpc) is 3.24. The lowest BCUT2D eigenvalue weighted by Gasteiger charge is -2.18. The zero-order valence-electron chi connectivity index (χ0n) is 15.6. The molecule has 0 bridgehead atoms. The fourth-order valence-corrected chi connectivity index (χ4v) is 3.59. The molecule has 0 saturated heterocycles. The van der Waals surface area contributed by atoms with Crippen molar-refractivity contribution in [1.82, 2.24) is 5.32 Å². The first-order valence-electron chi connectivity index (χ1n) is 9.78. The van der Waals surface area contributed by atoms with Gasteiger partial charge in [-0.25, -0.2) is 0 Å². The molecule has 4 heteroatoms. The molecule has 3 rings (SSSR count). The van der Waals surface area contributed by atoms with E-state index >= 15 is 0 Å². The molecule has 142 valence electrons. The van der Waals surface area contributed by atoms with Crippen LogP contribution in [0.25, 0.3) is 0 Å². The third kappa shape index (κ3) is 5.95. The van der Waals surface area contributed by atoms with Gasteiger partial charge in [-0.2, -0.15) is 0 Å². The lowest BCUT2D eigenvalue weighted by atomic mass is 10.0. The van der Waals surface area contributed by atoms with Crippen molar-refractivity contribution in [2.75, 3.05) is 0 Å². The van der Waals surface area contributed by atoms with Crippen molar-refractivity contribution in [3.05, 3.63) is 71.8 Å². The van der Waals surface area contributed by atoms with Gasteiger partial charge in [-0.15, -0.1) is 0 Å². The summed E-state index contributed by atoms with van der Waals surface area (Å²) >= 11 is 0. The Bertz CT molecular complexity index is 724. The van der Waals surface area contributed by atoms with Crippen LogP contribution in [-0.4, -0.2) is 11.9 Å². The maximum Gasteiger partial charge on any atom is 0.306 e. The van der Waals surface area contributed by atoms with E-state index < -0.39 is 6.10 Å². The Balaban J connectivity index is 1.59. The number of ether oxygens (including phenoxy) is 1. The van der Waals surface area contributed by atoms with Crippen LogP contribution in [0.5, 0.6) is 0 Å². The molecule has 1 aliphatic rings. The van der Waals surface area contributed by atoms with E-state index in [1.54, 1.807) is 0 Å². The second-order valence-electron chi connectivity index (χ2n) is 7.17. The van der Waals surface area contributed by atoms with E-state index in [-0.39, 0.29) is 11.9 Å². The average molecular weight is 365 g/mol. The van der Waals surface area contributed by atoms with Gasteiger partial charge in [0.25, 0.3) is 5.91 Å². The SMILES string of the molecule is O=C(CCC1CCCC1)O[C@H](C(=O)NCc1ccccc1)c1ccccc1. The van der Waals surface area contributed by atoms with Crippen LogP contribution in [0.15, 0.2) is 60.7 Å². The lowest BCUT2D eigenvalue weighted by molar-refractivity contribution is -0.156. The third-order valence-electron chi connectivity index (χ3n) is 5.13. The first-order chi connectivity index (χ1) is 13.2. The van der Waals surface area contributed by atoms with Gasteiger partial charge in [0.15, 0.2) is 0 Å². The molecule has 0 heterocycles. The summed E-state index contributed by atoms with van der Waals surface area (Å²) in [7, 11) is 0. The topological polar surface area (TPSA) is 55.4 Å². The number of rotatable bonds is 8. The number of hydrogen-bond acceptors (Lipinski definition) is 3. The van der Waals surface area contributed by atoms with Crippen LogP contribution in [0.3, 0.4) is 0 Å². The van der Waals surface area contributed by atoms with Crippen LogP contribution in [0, 0.1) is 5.92 Å². The monoisotopic (exact) mass is 365 g/mol. The van der Waals surface area contributed by atoms with E-state index in [1.165, 1.54) is 25.7 Å². The molecule has 1 amide bonds. The minimum Gasteiger partial charge on any atom is -0.447 e.